The Kier molecular flexibility index (Phi) is 4.24. The van der Waals surface area contributed by atoms with E-state index in [9.17, 15) is 9.90 Å². The summed E-state index contributed by atoms with van der Waals surface area (Å²) in [5.41, 5.74) is 0.634. The van der Waals surface area contributed by atoms with Crippen LogP contribution in [0.2, 0.25) is 0 Å². The van der Waals surface area contributed by atoms with Crippen LogP contribution >= 0.6 is 0 Å². The van der Waals surface area contributed by atoms with Gasteiger partial charge in [-0.25, -0.2) is 0 Å². The summed E-state index contributed by atoms with van der Waals surface area (Å²) in [6, 6.07) is 3.46. The third-order valence-electron chi connectivity index (χ3n) is 2.35. The zero-order valence-corrected chi connectivity index (χ0v) is 8.88. The molecule has 0 saturated heterocycles. The van der Waals surface area contributed by atoms with Gasteiger partial charge in [-0.3, -0.25) is 9.78 Å². The molecule has 0 aliphatic heterocycles. The van der Waals surface area contributed by atoms with E-state index < -0.39 is 18.0 Å². The topological polar surface area (TPSA) is 59.4 Å². The van der Waals surface area contributed by atoms with Crippen molar-refractivity contribution in [3.8, 4) is 0 Å². The molecule has 82 valence electrons. The summed E-state index contributed by atoms with van der Waals surface area (Å²) in [5.74, 6) is -0.923. The van der Waals surface area contributed by atoms with Crippen molar-refractivity contribution < 1.29 is 14.6 Å². The molecule has 4 heteroatoms. The molecule has 0 saturated carbocycles. The molecule has 1 aromatic rings. The van der Waals surface area contributed by atoms with Gasteiger partial charge in [-0.2, -0.15) is 0 Å². The van der Waals surface area contributed by atoms with E-state index in [1.165, 1.54) is 7.11 Å². The molecule has 2 atom stereocenters. The van der Waals surface area contributed by atoms with E-state index in [-0.39, 0.29) is 0 Å². The van der Waals surface area contributed by atoms with E-state index >= 15 is 0 Å². The number of aliphatic hydroxyl groups excluding tert-OH is 1. The second-order valence-corrected chi connectivity index (χ2v) is 3.27. The quantitative estimate of drug-likeness (QED) is 0.760. The Morgan fingerprint density at radius 3 is 2.87 bits per heavy atom. The van der Waals surface area contributed by atoms with Crippen LogP contribution < -0.4 is 0 Å². The fourth-order valence-corrected chi connectivity index (χ4v) is 1.45. The highest BCUT2D eigenvalue weighted by Crippen LogP contribution is 2.24. The maximum atomic E-state index is 11.4. The molecule has 1 heterocycles. The van der Waals surface area contributed by atoms with Gasteiger partial charge in [0.25, 0.3) is 0 Å². The maximum Gasteiger partial charge on any atom is 0.311 e. The zero-order valence-electron chi connectivity index (χ0n) is 8.88. The number of rotatable bonds is 4. The van der Waals surface area contributed by atoms with Crippen molar-refractivity contribution in [2.45, 2.75) is 19.4 Å². The zero-order chi connectivity index (χ0) is 11.3. The van der Waals surface area contributed by atoms with Gasteiger partial charge in [0.15, 0.2) is 0 Å². The number of ether oxygens (including phenoxy) is 1. The number of nitrogens with zero attached hydrogens (tertiary/aromatic N) is 1. The van der Waals surface area contributed by atoms with Crippen molar-refractivity contribution >= 4 is 5.97 Å². The lowest BCUT2D eigenvalue weighted by atomic mass is 9.95. The molecule has 0 aliphatic rings. The highest BCUT2D eigenvalue weighted by molar-refractivity contribution is 5.73. The van der Waals surface area contributed by atoms with E-state index in [2.05, 4.69) is 9.72 Å². The SMILES string of the molecule is CCC(C(=O)OC)C(O)c1cccnc1. The summed E-state index contributed by atoms with van der Waals surface area (Å²) in [4.78, 5) is 15.3. The van der Waals surface area contributed by atoms with Gasteiger partial charge in [0.1, 0.15) is 0 Å². The highest BCUT2D eigenvalue weighted by Gasteiger charge is 2.27. The van der Waals surface area contributed by atoms with Crippen LogP contribution in [0.3, 0.4) is 0 Å². The average Bonchev–Trinajstić information content (AvgIpc) is 2.30. The smallest absolute Gasteiger partial charge is 0.311 e. The Morgan fingerprint density at radius 1 is 1.67 bits per heavy atom. The Balaban J connectivity index is 2.82. The molecule has 0 radical (unpaired) electrons. The lowest BCUT2D eigenvalue weighted by Crippen LogP contribution is -2.23. The Bertz CT molecular complexity index is 313. The minimum Gasteiger partial charge on any atom is -0.469 e. The van der Waals surface area contributed by atoms with Crippen LogP contribution in [0, 0.1) is 5.92 Å². The first-order valence-corrected chi connectivity index (χ1v) is 4.86. The van der Waals surface area contributed by atoms with E-state index in [1.807, 2.05) is 6.92 Å². The van der Waals surface area contributed by atoms with E-state index in [0.717, 1.165) is 0 Å². The average molecular weight is 209 g/mol. The second-order valence-electron chi connectivity index (χ2n) is 3.27. The predicted octanol–water partition coefficient (Wildman–Crippen LogP) is 1.31. The molecule has 15 heavy (non-hydrogen) atoms. The molecule has 4 nitrogen and oxygen atoms in total. The molecule has 1 aromatic heterocycles. The van der Waals surface area contributed by atoms with Crippen LogP contribution in [0.15, 0.2) is 24.5 Å². The molecule has 0 bridgehead atoms. The number of carbonyl (C=O) groups is 1. The van der Waals surface area contributed by atoms with Crippen LogP contribution in [-0.2, 0) is 9.53 Å². The summed E-state index contributed by atoms with van der Waals surface area (Å²) in [6.45, 7) is 1.83. The number of methoxy groups -OCH3 is 1. The van der Waals surface area contributed by atoms with Crippen molar-refractivity contribution in [1.82, 2.24) is 4.98 Å². The van der Waals surface area contributed by atoms with Crippen molar-refractivity contribution in [3.05, 3.63) is 30.1 Å². The molecule has 0 spiro atoms. The van der Waals surface area contributed by atoms with Gasteiger partial charge in [0.2, 0.25) is 0 Å². The number of aromatic nitrogens is 1. The number of hydrogen-bond acceptors (Lipinski definition) is 4. The highest BCUT2D eigenvalue weighted by atomic mass is 16.5. The third-order valence-corrected chi connectivity index (χ3v) is 2.35. The summed E-state index contributed by atoms with van der Waals surface area (Å²) in [7, 11) is 1.32. The standard InChI is InChI=1S/C11H15NO3/c1-3-9(11(14)15-2)10(13)8-5-4-6-12-7-8/h4-7,9-10,13H,3H2,1-2H3. The largest absolute Gasteiger partial charge is 0.469 e. The summed E-state index contributed by atoms with van der Waals surface area (Å²) in [5, 5.41) is 9.94. The van der Waals surface area contributed by atoms with Gasteiger partial charge in [0, 0.05) is 12.4 Å². The van der Waals surface area contributed by atoms with Crippen LogP contribution in [0.5, 0.6) is 0 Å². The molecule has 0 amide bonds. The summed E-state index contributed by atoms with van der Waals surface area (Å²) in [6.07, 6.45) is 2.85. The van der Waals surface area contributed by atoms with Crippen molar-refractivity contribution in [2.24, 2.45) is 5.92 Å². The number of hydrogen-bond donors (Lipinski definition) is 1. The van der Waals surface area contributed by atoms with Crippen LogP contribution in [0.4, 0.5) is 0 Å². The normalized spacial score (nSPS) is 14.3. The van der Waals surface area contributed by atoms with Gasteiger partial charge in [-0.1, -0.05) is 13.0 Å². The van der Waals surface area contributed by atoms with Gasteiger partial charge < -0.3 is 9.84 Å². The van der Waals surface area contributed by atoms with E-state index in [1.54, 1.807) is 24.5 Å². The number of pyridine rings is 1. The summed E-state index contributed by atoms with van der Waals surface area (Å²) < 4.78 is 4.63. The van der Waals surface area contributed by atoms with Gasteiger partial charge >= 0.3 is 5.97 Å². The van der Waals surface area contributed by atoms with Crippen LogP contribution in [-0.4, -0.2) is 23.2 Å². The minimum atomic E-state index is -0.851. The van der Waals surface area contributed by atoms with Gasteiger partial charge in [-0.15, -0.1) is 0 Å². The molecule has 0 fully saturated rings. The van der Waals surface area contributed by atoms with Crippen molar-refractivity contribution in [1.29, 1.82) is 0 Å². The second kappa shape index (κ2) is 5.46. The number of aliphatic hydroxyl groups is 1. The minimum absolute atomic E-state index is 0.395. The van der Waals surface area contributed by atoms with Crippen LogP contribution in [0.1, 0.15) is 25.0 Å². The van der Waals surface area contributed by atoms with E-state index in [0.29, 0.717) is 12.0 Å². The fourth-order valence-electron chi connectivity index (χ4n) is 1.45. The maximum absolute atomic E-state index is 11.4. The first-order chi connectivity index (χ1) is 7.20. The third kappa shape index (κ3) is 2.76. The first-order valence-electron chi connectivity index (χ1n) is 4.86. The first kappa shape index (κ1) is 11.7. The molecular formula is C11H15NO3. The summed E-state index contributed by atoms with van der Waals surface area (Å²) >= 11 is 0. The lowest BCUT2D eigenvalue weighted by molar-refractivity contribution is -0.149. The van der Waals surface area contributed by atoms with Gasteiger partial charge in [0.05, 0.1) is 19.1 Å². The molecule has 1 rings (SSSR count). The van der Waals surface area contributed by atoms with Crippen molar-refractivity contribution in [3.63, 3.8) is 0 Å². The lowest BCUT2D eigenvalue weighted by Gasteiger charge is -2.18. The Labute approximate surface area is 88.9 Å². The monoisotopic (exact) mass is 209 g/mol. The fraction of sp³-hybridized carbons (Fsp3) is 0.455. The molecule has 1 N–H and O–H groups in total. The molecule has 0 aromatic carbocycles. The van der Waals surface area contributed by atoms with Gasteiger partial charge in [-0.05, 0) is 18.1 Å². The van der Waals surface area contributed by atoms with E-state index in [4.69, 9.17) is 0 Å². The number of carbonyl (C=O) groups excluding carboxylic acids is 1. The van der Waals surface area contributed by atoms with Crippen LogP contribution in [0.25, 0.3) is 0 Å². The van der Waals surface area contributed by atoms with Crippen molar-refractivity contribution in [2.75, 3.05) is 7.11 Å². The molecule has 2 unspecified atom stereocenters. The molecular weight excluding hydrogens is 194 g/mol. The Hall–Kier alpha value is -1.42. The predicted molar refractivity (Wildman–Crippen MR) is 55.0 cm³/mol. The Morgan fingerprint density at radius 2 is 2.40 bits per heavy atom. The molecule has 0 aliphatic carbocycles. The number of esters is 1.